The van der Waals surface area contributed by atoms with Crippen molar-refractivity contribution in [1.82, 2.24) is 0 Å². The molecule has 0 atom stereocenters. The van der Waals surface area contributed by atoms with Crippen molar-refractivity contribution in [2.45, 2.75) is 20.0 Å². The second-order valence-corrected chi connectivity index (χ2v) is 4.49. The monoisotopic (exact) mass is 273 g/mol. The average Bonchev–Trinajstić information content (AvgIpc) is 2.45. The number of nitrogens with two attached hydrogens (primary N) is 1. The second kappa shape index (κ2) is 6.19. The highest BCUT2D eigenvalue weighted by atomic mass is 19.1. The highest BCUT2D eigenvalue weighted by molar-refractivity contribution is 5.90. The summed E-state index contributed by atoms with van der Waals surface area (Å²) in [6.07, 6.45) is 0.955. The molecular weight excluding hydrogens is 257 g/mol. The maximum atomic E-state index is 13.5. The van der Waals surface area contributed by atoms with Crippen molar-refractivity contribution in [3.63, 3.8) is 0 Å². The van der Waals surface area contributed by atoms with Crippen molar-refractivity contribution in [3.05, 3.63) is 65.0 Å². The molecule has 2 N–H and O–H groups in total. The van der Waals surface area contributed by atoms with E-state index in [0.29, 0.717) is 0 Å². The SMILES string of the molecule is CCc1ccc(COC(=O)c2ccc(N)cc2F)cc1. The number of anilines is 1. The van der Waals surface area contributed by atoms with E-state index in [0.717, 1.165) is 18.1 Å². The largest absolute Gasteiger partial charge is 0.457 e. The lowest BCUT2D eigenvalue weighted by Crippen LogP contribution is -2.08. The fraction of sp³-hybridized carbons (Fsp3) is 0.188. The Morgan fingerprint density at radius 1 is 1.15 bits per heavy atom. The van der Waals surface area contributed by atoms with Crippen molar-refractivity contribution in [2.24, 2.45) is 0 Å². The molecule has 0 saturated heterocycles. The van der Waals surface area contributed by atoms with E-state index in [1.54, 1.807) is 0 Å². The lowest BCUT2D eigenvalue weighted by atomic mass is 10.1. The van der Waals surface area contributed by atoms with Gasteiger partial charge in [0.1, 0.15) is 12.4 Å². The van der Waals surface area contributed by atoms with Crippen LogP contribution in [0.3, 0.4) is 0 Å². The van der Waals surface area contributed by atoms with E-state index in [1.165, 1.54) is 17.7 Å². The number of hydrogen-bond donors (Lipinski definition) is 1. The molecule has 0 spiro atoms. The minimum absolute atomic E-state index is 0.107. The van der Waals surface area contributed by atoms with Crippen LogP contribution in [0.1, 0.15) is 28.4 Å². The maximum absolute atomic E-state index is 13.5. The minimum Gasteiger partial charge on any atom is -0.457 e. The fourth-order valence-electron chi connectivity index (χ4n) is 1.79. The topological polar surface area (TPSA) is 52.3 Å². The van der Waals surface area contributed by atoms with Gasteiger partial charge in [-0.25, -0.2) is 9.18 Å². The van der Waals surface area contributed by atoms with Gasteiger partial charge in [-0.1, -0.05) is 31.2 Å². The maximum Gasteiger partial charge on any atom is 0.341 e. The zero-order chi connectivity index (χ0) is 14.5. The van der Waals surface area contributed by atoms with Gasteiger partial charge in [0.2, 0.25) is 0 Å². The molecule has 0 unspecified atom stereocenters. The molecule has 0 aliphatic heterocycles. The summed E-state index contributed by atoms with van der Waals surface area (Å²) < 4.78 is 18.6. The van der Waals surface area contributed by atoms with Gasteiger partial charge in [0.25, 0.3) is 0 Å². The molecule has 0 aliphatic rings. The molecule has 0 fully saturated rings. The number of carbonyl (C=O) groups is 1. The van der Waals surface area contributed by atoms with Gasteiger partial charge in [0.15, 0.2) is 0 Å². The van der Waals surface area contributed by atoms with Crippen LogP contribution in [-0.4, -0.2) is 5.97 Å². The molecule has 0 aromatic heterocycles. The molecule has 0 heterocycles. The Labute approximate surface area is 117 Å². The Morgan fingerprint density at radius 3 is 2.40 bits per heavy atom. The van der Waals surface area contributed by atoms with Crippen LogP contribution in [0.2, 0.25) is 0 Å². The predicted molar refractivity (Wildman–Crippen MR) is 75.8 cm³/mol. The molecule has 0 amide bonds. The van der Waals surface area contributed by atoms with E-state index in [-0.39, 0.29) is 17.9 Å². The van der Waals surface area contributed by atoms with Crippen molar-refractivity contribution in [2.75, 3.05) is 5.73 Å². The molecule has 3 nitrogen and oxygen atoms in total. The molecule has 20 heavy (non-hydrogen) atoms. The Morgan fingerprint density at radius 2 is 1.80 bits per heavy atom. The molecule has 0 radical (unpaired) electrons. The van der Waals surface area contributed by atoms with Crippen molar-refractivity contribution >= 4 is 11.7 Å². The second-order valence-electron chi connectivity index (χ2n) is 4.49. The summed E-state index contributed by atoms with van der Waals surface area (Å²) in [5.41, 5.74) is 7.67. The van der Waals surface area contributed by atoms with Gasteiger partial charge in [-0.3, -0.25) is 0 Å². The predicted octanol–water partition coefficient (Wildman–Crippen LogP) is 3.33. The highest BCUT2D eigenvalue weighted by Crippen LogP contribution is 2.14. The molecule has 104 valence electrons. The van der Waals surface area contributed by atoms with E-state index in [4.69, 9.17) is 10.5 Å². The summed E-state index contributed by atoms with van der Waals surface area (Å²) in [6, 6.07) is 11.6. The normalized spacial score (nSPS) is 10.3. The summed E-state index contributed by atoms with van der Waals surface area (Å²) in [7, 11) is 0. The number of halogens is 1. The number of hydrogen-bond acceptors (Lipinski definition) is 3. The van der Waals surface area contributed by atoms with Crippen molar-refractivity contribution in [1.29, 1.82) is 0 Å². The molecule has 0 aliphatic carbocycles. The number of benzene rings is 2. The number of nitrogen functional groups attached to an aromatic ring is 1. The van der Waals surface area contributed by atoms with Crippen molar-refractivity contribution in [3.8, 4) is 0 Å². The van der Waals surface area contributed by atoms with Crippen LogP contribution in [0.5, 0.6) is 0 Å². The van der Waals surface area contributed by atoms with E-state index in [1.807, 2.05) is 24.3 Å². The Balaban J connectivity index is 2.00. The van der Waals surface area contributed by atoms with Gasteiger partial charge in [-0.15, -0.1) is 0 Å². The van der Waals surface area contributed by atoms with E-state index < -0.39 is 11.8 Å². The average molecular weight is 273 g/mol. The van der Waals surface area contributed by atoms with E-state index in [2.05, 4.69) is 6.92 Å². The standard InChI is InChI=1S/C16H16FNO2/c1-2-11-3-5-12(6-4-11)10-20-16(19)14-8-7-13(18)9-15(14)17/h3-9H,2,10,18H2,1H3. The summed E-state index contributed by atoms with van der Waals surface area (Å²) in [4.78, 5) is 11.8. The van der Waals surface area contributed by atoms with Crippen LogP contribution in [-0.2, 0) is 17.8 Å². The van der Waals surface area contributed by atoms with Crippen LogP contribution in [0.25, 0.3) is 0 Å². The van der Waals surface area contributed by atoms with Gasteiger partial charge in [0.05, 0.1) is 5.56 Å². The molecule has 0 bridgehead atoms. The molecule has 2 rings (SSSR count). The summed E-state index contributed by atoms with van der Waals surface area (Å²) in [5.74, 6) is -1.36. The summed E-state index contributed by atoms with van der Waals surface area (Å²) in [6.45, 7) is 2.19. The first kappa shape index (κ1) is 14.1. The molecule has 2 aromatic carbocycles. The summed E-state index contributed by atoms with van der Waals surface area (Å²) >= 11 is 0. The Hall–Kier alpha value is -2.36. The number of rotatable bonds is 4. The van der Waals surface area contributed by atoms with Gasteiger partial charge in [-0.2, -0.15) is 0 Å². The van der Waals surface area contributed by atoms with Gasteiger partial charge in [-0.05, 0) is 35.7 Å². The Kier molecular flexibility index (Phi) is 4.35. The zero-order valence-electron chi connectivity index (χ0n) is 11.2. The third-order valence-electron chi connectivity index (χ3n) is 3.01. The number of esters is 1. The van der Waals surface area contributed by atoms with Gasteiger partial charge < -0.3 is 10.5 Å². The fourth-order valence-corrected chi connectivity index (χ4v) is 1.79. The molecule has 4 heteroatoms. The van der Waals surface area contributed by atoms with E-state index in [9.17, 15) is 9.18 Å². The molecular formula is C16H16FNO2. The van der Waals surface area contributed by atoms with Crippen LogP contribution in [0.15, 0.2) is 42.5 Å². The summed E-state index contributed by atoms with van der Waals surface area (Å²) in [5, 5.41) is 0. The Bertz CT molecular complexity index is 608. The van der Waals surface area contributed by atoms with Crippen LogP contribution >= 0.6 is 0 Å². The van der Waals surface area contributed by atoms with Crippen LogP contribution in [0.4, 0.5) is 10.1 Å². The zero-order valence-corrected chi connectivity index (χ0v) is 11.2. The molecule has 0 saturated carbocycles. The first-order valence-electron chi connectivity index (χ1n) is 6.40. The van der Waals surface area contributed by atoms with Crippen LogP contribution < -0.4 is 5.73 Å². The van der Waals surface area contributed by atoms with Gasteiger partial charge in [0, 0.05) is 5.69 Å². The van der Waals surface area contributed by atoms with Crippen LogP contribution in [0, 0.1) is 5.82 Å². The lowest BCUT2D eigenvalue weighted by molar-refractivity contribution is 0.0467. The van der Waals surface area contributed by atoms with Crippen molar-refractivity contribution < 1.29 is 13.9 Å². The lowest BCUT2D eigenvalue weighted by Gasteiger charge is -2.07. The third-order valence-corrected chi connectivity index (χ3v) is 3.01. The van der Waals surface area contributed by atoms with E-state index >= 15 is 0 Å². The number of aryl methyl sites for hydroxylation is 1. The third kappa shape index (κ3) is 3.35. The molecule has 2 aromatic rings. The number of carbonyl (C=O) groups excluding carboxylic acids is 1. The minimum atomic E-state index is -0.693. The van der Waals surface area contributed by atoms with Gasteiger partial charge >= 0.3 is 5.97 Å². The first-order chi connectivity index (χ1) is 9.60. The first-order valence-corrected chi connectivity index (χ1v) is 6.40. The quantitative estimate of drug-likeness (QED) is 0.686. The number of ether oxygens (including phenoxy) is 1. The highest BCUT2D eigenvalue weighted by Gasteiger charge is 2.13. The smallest absolute Gasteiger partial charge is 0.341 e.